The van der Waals surface area contributed by atoms with Gasteiger partial charge in [0.1, 0.15) is 0 Å². The van der Waals surface area contributed by atoms with Crippen LogP contribution in [0.1, 0.15) is 28.2 Å². The Hall–Kier alpha value is -1.92. The van der Waals surface area contributed by atoms with Crippen molar-refractivity contribution in [3.05, 3.63) is 46.4 Å². The monoisotopic (exact) mass is 262 g/mol. The number of rotatable bonds is 4. The number of nitrogens with one attached hydrogen (secondary N) is 2. The van der Waals surface area contributed by atoms with Gasteiger partial charge in [-0.25, -0.2) is 0 Å². The quantitative estimate of drug-likeness (QED) is 0.581. The maximum atomic E-state index is 12.1. The fourth-order valence-electron chi connectivity index (χ4n) is 1.59. The van der Waals surface area contributed by atoms with Crippen molar-refractivity contribution in [2.75, 3.05) is 5.43 Å². The van der Waals surface area contributed by atoms with Gasteiger partial charge in [0.25, 0.3) is 5.91 Å². The van der Waals surface area contributed by atoms with Crippen molar-refractivity contribution in [3.8, 4) is 0 Å². The Bertz CT molecular complexity index is 527. The number of carbonyl (C=O) groups excluding carboxylic acids is 1. The molecule has 0 radical (unpaired) electrons. The Labute approximate surface area is 109 Å². The number of amides is 1. The first-order valence-corrected chi connectivity index (χ1v) is 6.35. The zero-order valence-corrected chi connectivity index (χ0v) is 10.7. The van der Waals surface area contributed by atoms with Gasteiger partial charge in [-0.3, -0.25) is 15.6 Å². The molecule has 0 bridgehead atoms. The van der Waals surface area contributed by atoms with E-state index in [-0.39, 0.29) is 11.9 Å². The molecule has 4 N–H and O–H groups in total. The Kier molecular flexibility index (Phi) is 3.91. The van der Waals surface area contributed by atoms with Crippen LogP contribution in [-0.4, -0.2) is 10.9 Å². The van der Waals surface area contributed by atoms with E-state index in [4.69, 9.17) is 5.84 Å². The van der Waals surface area contributed by atoms with Crippen molar-refractivity contribution in [2.45, 2.75) is 13.0 Å². The average Bonchev–Trinajstić information content (AvgIpc) is 2.92. The molecule has 0 aliphatic heterocycles. The van der Waals surface area contributed by atoms with E-state index in [1.54, 1.807) is 23.6 Å². The van der Waals surface area contributed by atoms with Gasteiger partial charge in [-0.05, 0) is 24.4 Å². The molecule has 0 aliphatic rings. The van der Waals surface area contributed by atoms with Gasteiger partial charge in [0.05, 0.1) is 23.5 Å². The molecule has 2 aromatic rings. The molecule has 6 heteroatoms. The lowest BCUT2D eigenvalue weighted by Crippen LogP contribution is -2.27. The number of aromatic nitrogens is 1. The van der Waals surface area contributed by atoms with Crippen LogP contribution in [0.4, 0.5) is 5.69 Å². The summed E-state index contributed by atoms with van der Waals surface area (Å²) in [4.78, 5) is 17.1. The Balaban J connectivity index is 2.12. The highest BCUT2D eigenvalue weighted by molar-refractivity contribution is 7.10. The largest absolute Gasteiger partial charge is 0.345 e. The van der Waals surface area contributed by atoms with Gasteiger partial charge >= 0.3 is 0 Å². The van der Waals surface area contributed by atoms with Crippen molar-refractivity contribution >= 4 is 22.9 Å². The van der Waals surface area contributed by atoms with E-state index < -0.39 is 0 Å². The maximum absolute atomic E-state index is 12.1. The summed E-state index contributed by atoms with van der Waals surface area (Å²) in [5, 5.41) is 4.90. The van der Waals surface area contributed by atoms with Gasteiger partial charge in [0.15, 0.2) is 0 Å². The Morgan fingerprint density at radius 1 is 1.50 bits per heavy atom. The summed E-state index contributed by atoms with van der Waals surface area (Å²) in [6.45, 7) is 1.94. The fraction of sp³-hybridized carbons (Fsp3) is 0.167. The number of hydrogen-bond acceptors (Lipinski definition) is 5. The second-order valence-electron chi connectivity index (χ2n) is 3.78. The van der Waals surface area contributed by atoms with Crippen LogP contribution >= 0.6 is 11.3 Å². The van der Waals surface area contributed by atoms with Crippen LogP contribution in [0.25, 0.3) is 0 Å². The van der Waals surface area contributed by atoms with E-state index in [1.807, 2.05) is 24.4 Å². The molecule has 1 atom stereocenters. The summed E-state index contributed by atoms with van der Waals surface area (Å²) in [7, 11) is 0. The predicted octanol–water partition coefficient (Wildman–Crippen LogP) is 1.92. The van der Waals surface area contributed by atoms with E-state index in [1.165, 1.54) is 6.20 Å². The Morgan fingerprint density at radius 2 is 2.33 bits per heavy atom. The molecule has 2 aromatic heterocycles. The van der Waals surface area contributed by atoms with Gasteiger partial charge in [-0.1, -0.05) is 6.07 Å². The molecule has 18 heavy (non-hydrogen) atoms. The van der Waals surface area contributed by atoms with Gasteiger partial charge < -0.3 is 10.7 Å². The van der Waals surface area contributed by atoms with Crippen molar-refractivity contribution in [1.82, 2.24) is 10.3 Å². The molecule has 1 unspecified atom stereocenters. The third-order valence-corrected chi connectivity index (χ3v) is 3.59. The molecule has 5 nitrogen and oxygen atoms in total. The molecule has 0 saturated carbocycles. The minimum Gasteiger partial charge on any atom is -0.345 e. The summed E-state index contributed by atoms with van der Waals surface area (Å²) in [6, 6.07) is 5.55. The predicted molar refractivity (Wildman–Crippen MR) is 72.2 cm³/mol. The lowest BCUT2D eigenvalue weighted by atomic mass is 10.2. The van der Waals surface area contributed by atoms with Crippen LogP contribution in [0.5, 0.6) is 0 Å². The van der Waals surface area contributed by atoms with Gasteiger partial charge in [0.2, 0.25) is 0 Å². The summed E-state index contributed by atoms with van der Waals surface area (Å²) in [5.41, 5.74) is 3.45. The smallest absolute Gasteiger partial charge is 0.254 e. The second kappa shape index (κ2) is 5.61. The van der Waals surface area contributed by atoms with E-state index in [0.717, 1.165) is 4.88 Å². The van der Waals surface area contributed by atoms with Crippen LogP contribution in [-0.2, 0) is 0 Å². The summed E-state index contributed by atoms with van der Waals surface area (Å²) in [6.07, 6.45) is 3.08. The molecule has 0 fully saturated rings. The highest BCUT2D eigenvalue weighted by Gasteiger charge is 2.14. The number of anilines is 1. The van der Waals surface area contributed by atoms with Gasteiger partial charge in [-0.2, -0.15) is 0 Å². The average molecular weight is 262 g/mol. The van der Waals surface area contributed by atoms with Crippen molar-refractivity contribution in [2.24, 2.45) is 5.84 Å². The first-order valence-electron chi connectivity index (χ1n) is 5.47. The van der Waals surface area contributed by atoms with E-state index in [2.05, 4.69) is 15.7 Å². The third kappa shape index (κ3) is 2.66. The zero-order valence-electron chi connectivity index (χ0n) is 9.88. The lowest BCUT2D eigenvalue weighted by Gasteiger charge is -2.13. The van der Waals surface area contributed by atoms with Crippen LogP contribution in [0.3, 0.4) is 0 Å². The number of carbonyl (C=O) groups is 1. The van der Waals surface area contributed by atoms with E-state index in [9.17, 15) is 4.79 Å². The summed E-state index contributed by atoms with van der Waals surface area (Å²) >= 11 is 1.61. The molecule has 2 heterocycles. The lowest BCUT2D eigenvalue weighted by molar-refractivity contribution is 0.0941. The number of nitrogens with zero attached hydrogens (tertiary/aromatic N) is 1. The number of thiophene rings is 1. The highest BCUT2D eigenvalue weighted by Crippen LogP contribution is 2.19. The molecular weight excluding hydrogens is 248 g/mol. The van der Waals surface area contributed by atoms with E-state index in [0.29, 0.717) is 11.3 Å². The number of hydrogen-bond donors (Lipinski definition) is 3. The molecule has 0 aromatic carbocycles. The minimum atomic E-state index is -0.175. The fourth-order valence-corrected chi connectivity index (χ4v) is 2.33. The topological polar surface area (TPSA) is 80.0 Å². The molecule has 0 spiro atoms. The molecular formula is C12H14N4OS. The second-order valence-corrected chi connectivity index (χ2v) is 4.76. The van der Waals surface area contributed by atoms with Crippen molar-refractivity contribution in [1.29, 1.82) is 0 Å². The van der Waals surface area contributed by atoms with Crippen LogP contribution in [0.2, 0.25) is 0 Å². The van der Waals surface area contributed by atoms with Crippen LogP contribution < -0.4 is 16.6 Å². The standard InChI is InChI=1S/C12H14N4OS/c1-8(11-3-2-6-18-11)15-12(17)9-4-5-14-7-10(9)16-13/h2-8,16H,13H2,1H3,(H,15,17). The number of nitrogen functional groups attached to an aromatic ring is 1. The number of hydrazine groups is 1. The van der Waals surface area contributed by atoms with Gasteiger partial charge in [0, 0.05) is 11.1 Å². The molecule has 0 saturated heterocycles. The zero-order chi connectivity index (χ0) is 13.0. The van der Waals surface area contributed by atoms with Crippen molar-refractivity contribution < 1.29 is 4.79 Å². The SMILES string of the molecule is CC(NC(=O)c1ccncc1NN)c1cccs1. The first kappa shape index (κ1) is 12.5. The normalized spacial score (nSPS) is 11.9. The summed E-state index contributed by atoms with van der Waals surface area (Å²) < 4.78 is 0. The molecule has 2 rings (SSSR count). The van der Waals surface area contributed by atoms with Crippen molar-refractivity contribution in [3.63, 3.8) is 0 Å². The number of nitrogens with two attached hydrogens (primary N) is 1. The Morgan fingerprint density at radius 3 is 3.00 bits per heavy atom. The van der Waals surface area contributed by atoms with E-state index >= 15 is 0 Å². The molecule has 94 valence electrons. The van der Waals surface area contributed by atoms with Gasteiger partial charge in [-0.15, -0.1) is 11.3 Å². The minimum absolute atomic E-state index is 0.0312. The highest BCUT2D eigenvalue weighted by atomic mass is 32.1. The first-order chi connectivity index (χ1) is 8.72. The van der Waals surface area contributed by atoms with Crippen LogP contribution in [0.15, 0.2) is 36.0 Å². The molecule has 0 aliphatic carbocycles. The third-order valence-electron chi connectivity index (χ3n) is 2.54. The van der Waals surface area contributed by atoms with Crippen LogP contribution in [0, 0.1) is 0 Å². The maximum Gasteiger partial charge on any atom is 0.254 e. The number of pyridine rings is 1. The summed E-state index contributed by atoms with van der Waals surface area (Å²) in [5.74, 6) is 5.17. The molecule has 1 amide bonds.